The molecule has 0 saturated heterocycles. The fourth-order valence-corrected chi connectivity index (χ4v) is 7.82. The number of phosphoric acid groups is 1. The van der Waals surface area contributed by atoms with Crippen molar-refractivity contribution >= 4 is 19.8 Å². The number of rotatable bonds is 47. The van der Waals surface area contributed by atoms with E-state index in [1.54, 1.807) is 0 Å². The maximum Gasteiger partial charge on any atom is 0.472 e. The maximum absolute atomic E-state index is 12.6. The molecular formula is C49H93O10P. The Morgan fingerprint density at radius 2 is 0.867 bits per heavy atom. The van der Waals surface area contributed by atoms with Crippen molar-refractivity contribution in [2.24, 2.45) is 0 Å². The number of hydrogen-bond acceptors (Lipinski definition) is 9. The summed E-state index contributed by atoms with van der Waals surface area (Å²) in [5.41, 5.74) is 0. The van der Waals surface area contributed by atoms with Crippen LogP contribution in [0.1, 0.15) is 239 Å². The molecule has 0 aromatic carbocycles. The number of carbonyl (C=O) groups excluding carboxylic acids is 2. The number of aliphatic hydroxyl groups excluding tert-OH is 2. The molecule has 10 nitrogen and oxygen atoms in total. The topological polar surface area (TPSA) is 149 Å². The predicted molar refractivity (Wildman–Crippen MR) is 247 cm³/mol. The molecule has 0 heterocycles. The fraction of sp³-hybridized carbons (Fsp3) is 0.878. The van der Waals surface area contributed by atoms with E-state index in [0.29, 0.717) is 12.8 Å². The third-order valence-corrected chi connectivity index (χ3v) is 11.8. The number of ether oxygens (including phenoxy) is 2. The van der Waals surface area contributed by atoms with Crippen LogP contribution in [0.3, 0.4) is 0 Å². The molecule has 354 valence electrons. The van der Waals surface area contributed by atoms with E-state index >= 15 is 0 Å². The number of unbranched alkanes of at least 4 members (excludes halogenated alkanes) is 29. The molecule has 3 unspecified atom stereocenters. The summed E-state index contributed by atoms with van der Waals surface area (Å²) in [4.78, 5) is 35.1. The first kappa shape index (κ1) is 58.5. The van der Waals surface area contributed by atoms with Crippen molar-refractivity contribution in [1.29, 1.82) is 0 Å². The predicted octanol–water partition coefficient (Wildman–Crippen LogP) is 13.7. The van der Waals surface area contributed by atoms with Crippen LogP contribution in [-0.4, -0.2) is 65.7 Å². The van der Waals surface area contributed by atoms with Gasteiger partial charge in [0.05, 0.1) is 19.8 Å². The SMILES string of the molecule is CCCCCC/C=C\C/C=C\CCCCCCCC(=O)OC(COC(=O)CCCCCCCCCCCCCCCCCCCCCCC)COP(=O)(O)OCC(O)CO. The normalized spacial score (nSPS) is 13.9. The van der Waals surface area contributed by atoms with Crippen LogP contribution in [0, 0.1) is 0 Å². The smallest absolute Gasteiger partial charge is 0.462 e. The molecule has 0 fully saturated rings. The van der Waals surface area contributed by atoms with Gasteiger partial charge in [0.25, 0.3) is 0 Å². The summed E-state index contributed by atoms with van der Waals surface area (Å²) < 4.78 is 32.8. The van der Waals surface area contributed by atoms with Gasteiger partial charge in [-0.25, -0.2) is 4.57 Å². The van der Waals surface area contributed by atoms with E-state index in [1.807, 2.05) is 0 Å². The molecule has 0 aliphatic rings. The Kier molecular flexibility index (Phi) is 44.3. The highest BCUT2D eigenvalue weighted by Gasteiger charge is 2.27. The van der Waals surface area contributed by atoms with Crippen LogP contribution >= 0.6 is 7.82 Å². The van der Waals surface area contributed by atoms with E-state index in [1.165, 1.54) is 141 Å². The molecule has 0 aromatic rings. The van der Waals surface area contributed by atoms with E-state index in [-0.39, 0.29) is 19.4 Å². The summed E-state index contributed by atoms with van der Waals surface area (Å²) in [6, 6.07) is 0. The molecule has 0 radical (unpaired) electrons. The van der Waals surface area contributed by atoms with Crippen LogP contribution in [0.15, 0.2) is 24.3 Å². The Hall–Kier alpha value is -1.55. The Labute approximate surface area is 368 Å². The highest BCUT2D eigenvalue weighted by Crippen LogP contribution is 2.43. The number of carbonyl (C=O) groups is 2. The zero-order chi connectivity index (χ0) is 44.0. The van der Waals surface area contributed by atoms with Gasteiger partial charge in [-0.2, -0.15) is 0 Å². The summed E-state index contributed by atoms with van der Waals surface area (Å²) in [6.45, 7) is 2.39. The van der Waals surface area contributed by atoms with Crippen LogP contribution < -0.4 is 0 Å². The van der Waals surface area contributed by atoms with Crippen molar-refractivity contribution in [3.05, 3.63) is 24.3 Å². The molecule has 0 aliphatic heterocycles. The van der Waals surface area contributed by atoms with Gasteiger partial charge >= 0.3 is 19.8 Å². The van der Waals surface area contributed by atoms with Crippen molar-refractivity contribution < 1.29 is 47.8 Å². The number of aliphatic hydroxyl groups is 2. The average Bonchev–Trinajstić information content (AvgIpc) is 3.24. The summed E-state index contributed by atoms with van der Waals surface area (Å²) >= 11 is 0. The fourth-order valence-electron chi connectivity index (χ4n) is 7.03. The standard InChI is InChI=1S/C49H93O10P/c1-3-5-7-9-11-13-15-17-19-21-22-23-24-25-27-28-30-32-34-36-38-40-48(52)56-44-47(45-58-60(54,55)57-43-46(51)42-50)59-49(53)41-39-37-35-33-31-29-26-20-18-16-14-12-10-8-6-4-2/h14,16,20,26,46-47,50-51H,3-13,15,17-19,21-25,27-45H2,1-2H3,(H,54,55)/b16-14-,26-20-. The van der Waals surface area contributed by atoms with Crippen molar-refractivity contribution in [2.75, 3.05) is 26.4 Å². The lowest BCUT2D eigenvalue weighted by Gasteiger charge is -2.20. The van der Waals surface area contributed by atoms with Gasteiger partial charge in [0.15, 0.2) is 6.10 Å². The van der Waals surface area contributed by atoms with Crippen LogP contribution in [0.5, 0.6) is 0 Å². The van der Waals surface area contributed by atoms with Gasteiger partial charge in [-0.3, -0.25) is 18.6 Å². The van der Waals surface area contributed by atoms with Crippen molar-refractivity contribution in [1.82, 2.24) is 0 Å². The minimum atomic E-state index is -4.62. The van der Waals surface area contributed by atoms with Crippen LogP contribution in [-0.2, 0) is 32.7 Å². The monoisotopic (exact) mass is 873 g/mol. The molecule has 0 amide bonds. The van der Waals surface area contributed by atoms with E-state index < -0.39 is 51.8 Å². The second-order valence-corrected chi connectivity index (χ2v) is 18.3. The van der Waals surface area contributed by atoms with Gasteiger partial charge in [-0.1, -0.05) is 205 Å². The molecule has 11 heteroatoms. The highest BCUT2D eigenvalue weighted by atomic mass is 31.2. The largest absolute Gasteiger partial charge is 0.472 e. The van der Waals surface area contributed by atoms with E-state index in [2.05, 4.69) is 38.2 Å². The van der Waals surface area contributed by atoms with Gasteiger partial charge in [-0.15, -0.1) is 0 Å². The molecule has 0 bridgehead atoms. The van der Waals surface area contributed by atoms with Crippen molar-refractivity contribution in [3.63, 3.8) is 0 Å². The van der Waals surface area contributed by atoms with E-state index in [9.17, 15) is 24.2 Å². The Bertz CT molecular complexity index is 1050. The Balaban J connectivity index is 4.17. The van der Waals surface area contributed by atoms with Gasteiger partial charge in [0.1, 0.15) is 12.7 Å². The summed E-state index contributed by atoms with van der Waals surface area (Å²) in [5, 5.41) is 18.4. The number of phosphoric ester groups is 1. The molecule has 3 atom stereocenters. The first-order chi connectivity index (χ1) is 29.2. The number of allylic oxidation sites excluding steroid dienone is 4. The Morgan fingerprint density at radius 3 is 1.30 bits per heavy atom. The molecule has 3 N–H and O–H groups in total. The molecule has 0 aromatic heterocycles. The average molecular weight is 873 g/mol. The van der Waals surface area contributed by atoms with Crippen LogP contribution in [0.2, 0.25) is 0 Å². The third-order valence-electron chi connectivity index (χ3n) is 10.9. The molecule has 0 saturated carbocycles. The quantitative estimate of drug-likeness (QED) is 0.0233. The molecular weight excluding hydrogens is 780 g/mol. The summed E-state index contributed by atoms with van der Waals surface area (Å²) in [5.74, 6) is -0.929. The molecule has 60 heavy (non-hydrogen) atoms. The third kappa shape index (κ3) is 44.5. The van der Waals surface area contributed by atoms with Crippen LogP contribution in [0.4, 0.5) is 0 Å². The lowest BCUT2D eigenvalue weighted by atomic mass is 10.0. The highest BCUT2D eigenvalue weighted by molar-refractivity contribution is 7.47. The number of hydrogen-bond donors (Lipinski definition) is 3. The minimum Gasteiger partial charge on any atom is -0.462 e. The summed E-state index contributed by atoms with van der Waals surface area (Å²) in [6.07, 6.45) is 47.2. The lowest BCUT2D eigenvalue weighted by molar-refractivity contribution is -0.161. The van der Waals surface area contributed by atoms with Gasteiger partial charge < -0.3 is 24.6 Å². The lowest BCUT2D eigenvalue weighted by Crippen LogP contribution is -2.29. The molecule has 0 aliphatic carbocycles. The van der Waals surface area contributed by atoms with Crippen molar-refractivity contribution in [3.8, 4) is 0 Å². The first-order valence-electron chi connectivity index (χ1n) is 24.8. The first-order valence-corrected chi connectivity index (χ1v) is 26.3. The molecule has 0 rings (SSSR count). The van der Waals surface area contributed by atoms with Gasteiger partial charge in [0.2, 0.25) is 0 Å². The van der Waals surface area contributed by atoms with E-state index in [0.717, 1.165) is 57.8 Å². The van der Waals surface area contributed by atoms with Gasteiger partial charge in [-0.05, 0) is 44.9 Å². The second-order valence-electron chi connectivity index (χ2n) is 16.8. The van der Waals surface area contributed by atoms with Gasteiger partial charge in [0, 0.05) is 12.8 Å². The molecule has 0 spiro atoms. The Morgan fingerprint density at radius 1 is 0.500 bits per heavy atom. The van der Waals surface area contributed by atoms with E-state index in [4.69, 9.17) is 23.6 Å². The number of esters is 2. The van der Waals surface area contributed by atoms with Crippen LogP contribution in [0.25, 0.3) is 0 Å². The summed E-state index contributed by atoms with van der Waals surface area (Å²) in [7, 11) is -4.62. The zero-order valence-corrected chi connectivity index (χ0v) is 39.6. The second kappa shape index (κ2) is 45.5. The van der Waals surface area contributed by atoms with Crippen molar-refractivity contribution in [2.45, 2.75) is 251 Å². The zero-order valence-electron chi connectivity index (χ0n) is 38.7. The maximum atomic E-state index is 12.6. The minimum absolute atomic E-state index is 0.171.